The molecule has 11 rings (SSSR count). The van der Waals surface area contributed by atoms with Crippen molar-refractivity contribution in [2.45, 2.75) is 89.4 Å². The zero-order valence-electron chi connectivity index (χ0n) is 40.7. The highest BCUT2D eigenvalue weighted by molar-refractivity contribution is 7.20. The van der Waals surface area contributed by atoms with Gasteiger partial charge in [0.15, 0.2) is 11.6 Å². The molecule has 0 amide bonds. The van der Waals surface area contributed by atoms with Gasteiger partial charge in [0.05, 0.1) is 54.2 Å². The molecule has 1 N–H and O–H groups in total. The Balaban J connectivity index is 0.967. The molecule has 0 spiro atoms. The molecule has 19 heteroatoms. The van der Waals surface area contributed by atoms with E-state index in [0.717, 1.165) is 78.1 Å². The first-order valence-corrected chi connectivity index (χ1v) is 26.2. The molecule has 7 heterocycles. The lowest BCUT2D eigenvalue weighted by atomic mass is 9.87. The number of carboxylic acids is 1. The minimum atomic E-state index is -1.51. The number of carbonyl (C=O) groups is 1. The van der Waals surface area contributed by atoms with Crippen molar-refractivity contribution in [3.63, 3.8) is 0 Å². The fourth-order valence-electron chi connectivity index (χ4n) is 10.0. The van der Waals surface area contributed by atoms with Gasteiger partial charge in [0, 0.05) is 67.8 Å². The Bertz CT molecular complexity index is 2840. The van der Waals surface area contributed by atoms with Crippen LogP contribution in [-0.4, -0.2) is 144 Å². The molecule has 0 radical (unpaired) electrons. The van der Waals surface area contributed by atoms with Crippen molar-refractivity contribution in [1.82, 2.24) is 29.7 Å². The number of allylic oxidation sites excluding steroid dienone is 4. The topological polar surface area (TPSA) is 160 Å². The number of ether oxygens (including phenoxy) is 7. The Labute approximate surface area is 432 Å². The third kappa shape index (κ3) is 11.2. The first kappa shape index (κ1) is 50.5. The highest BCUT2D eigenvalue weighted by Gasteiger charge is 2.35. The molecule has 4 aliphatic heterocycles. The summed E-state index contributed by atoms with van der Waals surface area (Å²) < 4.78 is 59.1. The molecule has 6 aliphatic rings. The Morgan fingerprint density at radius 3 is 2.54 bits per heavy atom. The van der Waals surface area contributed by atoms with Gasteiger partial charge in [-0.3, -0.25) is 4.90 Å². The summed E-state index contributed by atoms with van der Waals surface area (Å²) in [4.78, 5) is 38.3. The van der Waals surface area contributed by atoms with E-state index in [4.69, 9.17) is 66.3 Å². The standard InChI is InChI=1S/C53H59Cl2FN6O9S/c1-31-42-32(2)46(55)47(45(31)54)70-38(24-62-18-16-61(3)17-19-62)28-68-37-8-9-40(35(22-37)23-41(52(63)64)71-50-44-43(42)48(33-6-4-5-7-33)72-51(44)59-30-58-50)69-25-36-12-15-57-49(60-36)34-10-13-53(56,14-11-34)29-66-27-39-26-65-20-21-67-39/h6,8-10,12,15,22,30,38-39,41H,4-5,7,11,13-14,16-21,23-29H2,1-3H3,(H,63,64)/t38-,39-,41-,53-/m1/s1. The molecular formula is C53H59Cl2FN6O9S. The van der Waals surface area contributed by atoms with Crippen LogP contribution in [-0.2, 0) is 32.0 Å². The largest absolute Gasteiger partial charge is 0.490 e. The summed E-state index contributed by atoms with van der Waals surface area (Å²) in [6.07, 6.45) is 8.60. The molecule has 382 valence electrons. The SMILES string of the molecule is Cc1c(Cl)c2c(Cl)c(C)c1-c1c(C3=CCCC3)sc3ncnc(c13)O[C@@H](C(=O)O)Cc1cc(ccc1OCc1ccnc(C3=CC[C@](F)(COC[C@H]4COCCO4)CC3)n1)OC[C@@H](CN1CCN(C)CC1)O2. The van der Waals surface area contributed by atoms with Gasteiger partial charge >= 0.3 is 5.97 Å². The maximum absolute atomic E-state index is 15.8. The van der Waals surface area contributed by atoms with Gasteiger partial charge in [0.1, 0.15) is 53.7 Å². The zero-order chi connectivity index (χ0) is 49.9. The van der Waals surface area contributed by atoms with Crippen LogP contribution >= 0.6 is 34.5 Å². The lowest BCUT2D eigenvalue weighted by Crippen LogP contribution is -2.49. The third-order valence-corrected chi connectivity index (χ3v) is 16.2. The van der Waals surface area contributed by atoms with Crippen molar-refractivity contribution in [3.8, 4) is 34.3 Å². The molecule has 2 aromatic carbocycles. The number of thiophene rings is 1. The Morgan fingerprint density at radius 1 is 0.972 bits per heavy atom. The number of piperazine rings is 1. The molecule has 0 unspecified atom stereocenters. The van der Waals surface area contributed by atoms with Gasteiger partial charge in [-0.15, -0.1) is 11.3 Å². The number of benzene rings is 2. The van der Waals surface area contributed by atoms with E-state index in [1.165, 1.54) is 23.2 Å². The van der Waals surface area contributed by atoms with Crippen LogP contribution in [0.4, 0.5) is 4.39 Å². The van der Waals surface area contributed by atoms with E-state index >= 15 is 4.39 Å². The normalized spacial score (nSPS) is 23.2. The fourth-order valence-corrected chi connectivity index (χ4v) is 11.7. The second-order valence-corrected chi connectivity index (χ2v) is 21.0. The molecule has 2 fully saturated rings. The summed E-state index contributed by atoms with van der Waals surface area (Å²) >= 11 is 16.3. The van der Waals surface area contributed by atoms with Crippen molar-refractivity contribution in [1.29, 1.82) is 0 Å². The van der Waals surface area contributed by atoms with E-state index in [9.17, 15) is 9.90 Å². The number of likely N-dealkylation sites (N-methyl/N-ethyl adjacent to an activating group) is 1. The van der Waals surface area contributed by atoms with Crippen LogP contribution in [0.5, 0.6) is 23.1 Å². The molecule has 2 saturated heterocycles. The third-order valence-electron chi connectivity index (χ3n) is 14.1. The predicted molar refractivity (Wildman–Crippen MR) is 274 cm³/mol. The molecule has 3 aromatic heterocycles. The quantitative estimate of drug-likeness (QED) is 0.126. The van der Waals surface area contributed by atoms with Crippen LogP contribution < -0.4 is 18.9 Å². The number of nitrogens with zero attached hydrogens (tertiary/aromatic N) is 6. The van der Waals surface area contributed by atoms with E-state index in [2.05, 4.69) is 32.9 Å². The minimum absolute atomic E-state index is 0.0320. The van der Waals surface area contributed by atoms with Crippen LogP contribution in [0.1, 0.15) is 71.6 Å². The number of hydrogen-bond donors (Lipinski definition) is 1. The lowest BCUT2D eigenvalue weighted by Gasteiger charge is -2.35. The Kier molecular flexibility index (Phi) is 15.6. The van der Waals surface area contributed by atoms with Gasteiger partial charge in [0.2, 0.25) is 12.0 Å². The number of carboxylic acid groups (broad SMARTS) is 1. The van der Waals surface area contributed by atoms with Crippen molar-refractivity contribution in [3.05, 3.63) is 92.1 Å². The molecular weight excluding hydrogens is 987 g/mol. The van der Waals surface area contributed by atoms with Crippen molar-refractivity contribution < 1.29 is 47.4 Å². The molecule has 2 aliphatic carbocycles. The Hall–Kier alpha value is -4.98. The lowest BCUT2D eigenvalue weighted by molar-refractivity contribution is -0.145. The first-order chi connectivity index (χ1) is 34.9. The average molecular weight is 1050 g/mol. The monoisotopic (exact) mass is 1040 g/mol. The fraction of sp³-hybridized carbons (Fsp3) is 0.491. The van der Waals surface area contributed by atoms with Crippen LogP contribution in [0.3, 0.4) is 0 Å². The van der Waals surface area contributed by atoms with E-state index in [-0.39, 0.29) is 57.7 Å². The van der Waals surface area contributed by atoms with Crippen molar-refractivity contribution in [2.24, 2.45) is 0 Å². The summed E-state index contributed by atoms with van der Waals surface area (Å²) in [5, 5.41) is 12.3. The number of alkyl halides is 1. The van der Waals surface area contributed by atoms with Gasteiger partial charge in [-0.25, -0.2) is 29.1 Å². The highest BCUT2D eigenvalue weighted by Crippen LogP contribution is 2.53. The van der Waals surface area contributed by atoms with Crippen LogP contribution in [0.25, 0.3) is 32.5 Å². The number of halogens is 3. The van der Waals surface area contributed by atoms with Gasteiger partial charge in [0.25, 0.3) is 0 Å². The van der Waals surface area contributed by atoms with Gasteiger partial charge < -0.3 is 43.2 Å². The molecule has 0 saturated carbocycles. The number of aliphatic carboxylic acids is 1. The van der Waals surface area contributed by atoms with E-state index in [1.807, 2.05) is 19.9 Å². The smallest absolute Gasteiger partial charge is 0.345 e. The summed E-state index contributed by atoms with van der Waals surface area (Å²) in [6, 6.07) is 7.08. The highest BCUT2D eigenvalue weighted by atomic mass is 35.5. The van der Waals surface area contributed by atoms with E-state index < -0.39 is 23.8 Å². The second kappa shape index (κ2) is 22.2. The summed E-state index contributed by atoms with van der Waals surface area (Å²) in [7, 11) is 2.12. The van der Waals surface area contributed by atoms with E-state index in [1.54, 1.807) is 30.5 Å². The predicted octanol–water partition coefficient (Wildman–Crippen LogP) is 9.39. The van der Waals surface area contributed by atoms with Crippen LogP contribution in [0, 0.1) is 13.8 Å². The molecule has 5 aromatic rings. The number of fused-ring (bicyclic) bond motifs is 7. The zero-order valence-corrected chi connectivity index (χ0v) is 43.1. The molecule has 4 bridgehead atoms. The molecule has 15 nitrogen and oxygen atoms in total. The van der Waals surface area contributed by atoms with Gasteiger partial charge in [-0.2, -0.15) is 0 Å². The van der Waals surface area contributed by atoms with Crippen LogP contribution in [0.2, 0.25) is 10.0 Å². The van der Waals surface area contributed by atoms with Crippen molar-refractivity contribution >= 4 is 61.9 Å². The first-order valence-electron chi connectivity index (χ1n) is 24.7. The molecule has 72 heavy (non-hydrogen) atoms. The van der Waals surface area contributed by atoms with Gasteiger partial charge in [-0.05, 0) is 105 Å². The second-order valence-electron chi connectivity index (χ2n) is 19.3. The number of hydrogen-bond acceptors (Lipinski definition) is 15. The maximum Gasteiger partial charge on any atom is 0.345 e. The summed E-state index contributed by atoms with van der Waals surface area (Å²) in [5.74, 6) is 0.662. The van der Waals surface area contributed by atoms with Crippen LogP contribution in [0.15, 0.2) is 48.9 Å². The van der Waals surface area contributed by atoms with Gasteiger partial charge in [-0.1, -0.05) is 35.4 Å². The maximum atomic E-state index is 15.8. The average Bonchev–Trinajstić information content (AvgIpc) is 4.06. The number of aromatic nitrogens is 4. The van der Waals surface area contributed by atoms with E-state index in [0.29, 0.717) is 87.4 Å². The summed E-state index contributed by atoms with van der Waals surface area (Å²) in [5.41, 5.74) is 4.69. The Morgan fingerprint density at radius 2 is 1.81 bits per heavy atom. The molecule has 4 atom stereocenters. The minimum Gasteiger partial charge on any atom is -0.490 e. The summed E-state index contributed by atoms with van der Waals surface area (Å²) in [6.45, 7) is 9.89. The number of rotatable bonds is 12. The van der Waals surface area contributed by atoms with Crippen molar-refractivity contribution in [2.75, 3.05) is 79.4 Å².